The quantitative estimate of drug-likeness (QED) is 0.861. The molecule has 0 aromatic heterocycles. The van der Waals surface area contributed by atoms with Crippen molar-refractivity contribution >= 4 is 5.91 Å². The number of amides is 1. The van der Waals surface area contributed by atoms with Gasteiger partial charge in [-0.15, -0.1) is 0 Å². The Morgan fingerprint density at radius 1 is 1.22 bits per heavy atom. The SMILES string of the molecule is C[C@H](N)c1ccc(C(=O)NC2CCCCC2)cc1. The first-order chi connectivity index (χ1) is 8.66. The molecule has 0 aliphatic heterocycles. The first-order valence-electron chi connectivity index (χ1n) is 6.83. The topological polar surface area (TPSA) is 55.1 Å². The highest BCUT2D eigenvalue weighted by atomic mass is 16.1. The third-order valence-electron chi connectivity index (χ3n) is 3.64. The van der Waals surface area contributed by atoms with Crippen molar-refractivity contribution in [2.24, 2.45) is 5.73 Å². The molecule has 1 aliphatic rings. The summed E-state index contributed by atoms with van der Waals surface area (Å²) in [4.78, 5) is 12.1. The van der Waals surface area contributed by atoms with Crippen LogP contribution < -0.4 is 11.1 Å². The Kier molecular flexibility index (Phi) is 4.37. The molecule has 0 saturated heterocycles. The van der Waals surface area contributed by atoms with E-state index in [-0.39, 0.29) is 11.9 Å². The summed E-state index contributed by atoms with van der Waals surface area (Å²) in [6.45, 7) is 1.94. The van der Waals surface area contributed by atoms with Crippen molar-refractivity contribution in [3.63, 3.8) is 0 Å². The van der Waals surface area contributed by atoms with Gasteiger partial charge in [-0.1, -0.05) is 31.4 Å². The zero-order valence-electron chi connectivity index (χ0n) is 11.0. The van der Waals surface area contributed by atoms with Gasteiger partial charge in [0.2, 0.25) is 0 Å². The number of carbonyl (C=O) groups is 1. The summed E-state index contributed by atoms with van der Waals surface area (Å²) in [7, 11) is 0. The van der Waals surface area contributed by atoms with Gasteiger partial charge in [-0.25, -0.2) is 0 Å². The summed E-state index contributed by atoms with van der Waals surface area (Å²) < 4.78 is 0. The van der Waals surface area contributed by atoms with Crippen LogP contribution in [0.5, 0.6) is 0 Å². The number of hydrogen-bond donors (Lipinski definition) is 2. The van der Waals surface area contributed by atoms with E-state index in [1.165, 1.54) is 19.3 Å². The lowest BCUT2D eigenvalue weighted by molar-refractivity contribution is 0.0927. The zero-order chi connectivity index (χ0) is 13.0. The van der Waals surface area contributed by atoms with E-state index >= 15 is 0 Å². The van der Waals surface area contributed by atoms with Gasteiger partial charge in [0.05, 0.1) is 0 Å². The summed E-state index contributed by atoms with van der Waals surface area (Å²) >= 11 is 0. The fourth-order valence-corrected chi connectivity index (χ4v) is 2.45. The lowest BCUT2D eigenvalue weighted by Gasteiger charge is -2.22. The molecule has 0 bridgehead atoms. The zero-order valence-corrected chi connectivity index (χ0v) is 11.0. The maximum Gasteiger partial charge on any atom is 0.251 e. The molecule has 2 rings (SSSR count). The molecule has 3 heteroatoms. The Labute approximate surface area is 109 Å². The van der Waals surface area contributed by atoms with E-state index in [2.05, 4.69) is 5.32 Å². The van der Waals surface area contributed by atoms with Crippen molar-refractivity contribution in [1.82, 2.24) is 5.32 Å². The van der Waals surface area contributed by atoms with Gasteiger partial charge < -0.3 is 11.1 Å². The standard InChI is InChI=1S/C15H22N2O/c1-11(16)12-7-9-13(10-8-12)15(18)17-14-5-3-2-4-6-14/h7-11,14H,2-6,16H2,1H3,(H,17,18)/t11-/m0/s1. The monoisotopic (exact) mass is 246 g/mol. The molecular weight excluding hydrogens is 224 g/mol. The summed E-state index contributed by atoms with van der Waals surface area (Å²) in [6, 6.07) is 7.95. The molecule has 98 valence electrons. The first-order valence-corrected chi connectivity index (χ1v) is 6.83. The molecule has 3 N–H and O–H groups in total. The second-order valence-electron chi connectivity index (χ2n) is 5.22. The van der Waals surface area contributed by atoms with Crippen LogP contribution in [-0.2, 0) is 0 Å². The first kappa shape index (κ1) is 13.1. The van der Waals surface area contributed by atoms with E-state index in [1.54, 1.807) is 0 Å². The van der Waals surface area contributed by atoms with Gasteiger partial charge >= 0.3 is 0 Å². The second kappa shape index (κ2) is 6.01. The Morgan fingerprint density at radius 3 is 2.39 bits per heavy atom. The van der Waals surface area contributed by atoms with Crippen molar-refractivity contribution < 1.29 is 4.79 Å². The van der Waals surface area contributed by atoms with Crippen LogP contribution in [0.2, 0.25) is 0 Å². The van der Waals surface area contributed by atoms with Crippen molar-refractivity contribution in [3.05, 3.63) is 35.4 Å². The number of benzene rings is 1. The summed E-state index contributed by atoms with van der Waals surface area (Å²) in [6.07, 6.45) is 5.99. The molecule has 1 aromatic rings. The van der Waals surface area contributed by atoms with Crippen LogP contribution in [-0.4, -0.2) is 11.9 Å². The fourth-order valence-electron chi connectivity index (χ4n) is 2.45. The molecular formula is C15H22N2O. The van der Waals surface area contributed by atoms with Crippen LogP contribution in [0.1, 0.15) is 61.0 Å². The Morgan fingerprint density at radius 2 is 1.83 bits per heavy atom. The lowest BCUT2D eigenvalue weighted by Crippen LogP contribution is -2.36. The molecule has 1 saturated carbocycles. The van der Waals surface area contributed by atoms with Crippen molar-refractivity contribution in [2.75, 3.05) is 0 Å². The summed E-state index contributed by atoms with van der Waals surface area (Å²) in [5.74, 6) is 0.0399. The molecule has 0 unspecified atom stereocenters. The normalized spacial score (nSPS) is 18.3. The molecule has 0 spiro atoms. The fraction of sp³-hybridized carbons (Fsp3) is 0.533. The molecule has 18 heavy (non-hydrogen) atoms. The van der Waals surface area contributed by atoms with Crippen LogP contribution in [0, 0.1) is 0 Å². The maximum atomic E-state index is 12.1. The van der Waals surface area contributed by atoms with E-state index in [1.807, 2.05) is 31.2 Å². The Bertz CT molecular complexity index is 391. The number of nitrogens with one attached hydrogen (secondary N) is 1. The van der Waals surface area contributed by atoms with Gasteiger partial charge in [0.1, 0.15) is 0 Å². The summed E-state index contributed by atoms with van der Waals surface area (Å²) in [5.41, 5.74) is 7.58. The molecule has 0 radical (unpaired) electrons. The molecule has 3 nitrogen and oxygen atoms in total. The Hall–Kier alpha value is -1.35. The summed E-state index contributed by atoms with van der Waals surface area (Å²) in [5, 5.41) is 3.11. The highest BCUT2D eigenvalue weighted by molar-refractivity contribution is 5.94. The van der Waals surface area contributed by atoms with Crippen LogP contribution in [0.3, 0.4) is 0 Å². The predicted octanol–water partition coefficient (Wildman–Crippen LogP) is 2.77. The number of carbonyl (C=O) groups excluding carboxylic acids is 1. The molecule has 1 fully saturated rings. The van der Waals surface area contributed by atoms with Crippen LogP contribution >= 0.6 is 0 Å². The van der Waals surface area contributed by atoms with Crippen molar-refractivity contribution in [1.29, 1.82) is 0 Å². The largest absolute Gasteiger partial charge is 0.349 e. The van der Waals surface area contributed by atoms with E-state index in [9.17, 15) is 4.79 Å². The second-order valence-corrected chi connectivity index (χ2v) is 5.22. The van der Waals surface area contributed by atoms with E-state index < -0.39 is 0 Å². The van der Waals surface area contributed by atoms with Gasteiger partial charge in [-0.05, 0) is 37.5 Å². The van der Waals surface area contributed by atoms with Crippen LogP contribution in [0.15, 0.2) is 24.3 Å². The highest BCUT2D eigenvalue weighted by Gasteiger charge is 2.16. The third kappa shape index (κ3) is 3.33. The molecule has 1 aliphatic carbocycles. The minimum absolute atomic E-state index is 0.0143. The average molecular weight is 246 g/mol. The Balaban J connectivity index is 1.95. The number of rotatable bonds is 3. The average Bonchev–Trinajstić information content (AvgIpc) is 2.40. The van der Waals surface area contributed by atoms with Gasteiger partial charge in [0, 0.05) is 17.6 Å². The van der Waals surface area contributed by atoms with Gasteiger partial charge in [0.25, 0.3) is 5.91 Å². The minimum Gasteiger partial charge on any atom is -0.349 e. The van der Waals surface area contributed by atoms with Gasteiger partial charge in [-0.3, -0.25) is 4.79 Å². The lowest BCUT2D eigenvalue weighted by atomic mass is 9.95. The highest BCUT2D eigenvalue weighted by Crippen LogP contribution is 2.18. The van der Waals surface area contributed by atoms with Crippen molar-refractivity contribution in [2.45, 2.75) is 51.1 Å². The van der Waals surface area contributed by atoms with Crippen LogP contribution in [0.25, 0.3) is 0 Å². The van der Waals surface area contributed by atoms with Gasteiger partial charge in [-0.2, -0.15) is 0 Å². The molecule has 1 amide bonds. The van der Waals surface area contributed by atoms with E-state index in [0.717, 1.165) is 24.0 Å². The minimum atomic E-state index is 0.0143. The van der Waals surface area contributed by atoms with Crippen LogP contribution in [0.4, 0.5) is 0 Å². The number of hydrogen-bond acceptors (Lipinski definition) is 2. The predicted molar refractivity (Wildman–Crippen MR) is 73.4 cm³/mol. The molecule has 1 aromatic carbocycles. The maximum absolute atomic E-state index is 12.1. The van der Waals surface area contributed by atoms with Gasteiger partial charge in [0.15, 0.2) is 0 Å². The molecule has 1 atom stereocenters. The van der Waals surface area contributed by atoms with E-state index in [0.29, 0.717) is 6.04 Å². The third-order valence-corrected chi connectivity index (χ3v) is 3.64. The van der Waals surface area contributed by atoms with Crippen molar-refractivity contribution in [3.8, 4) is 0 Å². The molecule has 0 heterocycles. The smallest absolute Gasteiger partial charge is 0.251 e. The van der Waals surface area contributed by atoms with E-state index in [4.69, 9.17) is 5.73 Å². The number of nitrogens with two attached hydrogens (primary N) is 1.